The maximum Gasteiger partial charge on any atom is 0.246 e. The number of hydrogen-bond acceptors (Lipinski definition) is 6. The van der Waals surface area contributed by atoms with Crippen LogP contribution in [0.5, 0.6) is 11.5 Å². The quantitative estimate of drug-likeness (QED) is 0.536. The van der Waals surface area contributed by atoms with Gasteiger partial charge in [0.2, 0.25) is 12.7 Å². The van der Waals surface area contributed by atoms with E-state index < -0.39 is 0 Å². The second-order valence-corrected chi connectivity index (χ2v) is 7.67. The highest BCUT2D eigenvalue weighted by atomic mass is 32.2. The van der Waals surface area contributed by atoms with Gasteiger partial charge in [-0.25, -0.2) is 0 Å². The summed E-state index contributed by atoms with van der Waals surface area (Å²) < 4.78 is 10.7. The Labute approximate surface area is 168 Å². The average Bonchev–Trinajstić information content (AvgIpc) is 3.31. The summed E-state index contributed by atoms with van der Waals surface area (Å²) in [5.41, 5.74) is 1.67. The van der Waals surface area contributed by atoms with Crippen LogP contribution in [0.25, 0.3) is 0 Å². The maximum atomic E-state index is 12.9. The third-order valence-electron chi connectivity index (χ3n) is 4.52. The van der Waals surface area contributed by atoms with Crippen LogP contribution in [0, 0.1) is 0 Å². The Hall–Kier alpha value is -2.80. The van der Waals surface area contributed by atoms with Crippen LogP contribution in [0.2, 0.25) is 0 Å². The van der Waals surface area contributed by atoms with Crippen molar-refractivity contribution in [1.29, 1.82) is 0 Å². The molecule has 0 saturated carbocycles. The van der Waals surface area contributed by atoms with Crippen molar-refractivity contribution in [2.75, 3.05) is 11.7 Å². The van der Waals surface area contributed by atoms with Gasteiger partial charge in [0.25, 0.3) is 0 Å². The highest BCUT2D eigenvalue weighted by Crippen LogP contribution is 2.35. The van der Waals surface area contributed by atoms with Gasteiger partial charge in [0.15, 0.2) is 16.7 Å². The van der Waals surface area contributed by atoms with Gasteiger partial charge in [-0.2, -0.15) is 5.10 Å². The van der Waals surface area contributed by atoms with E-state index >= 15 is 0 Å². The Bertz CT molecular complexity index is 914. The molecule has 144 valence electrons. The van der Waals surface area contributed by atoms with Crippen LogP contribution >= 0.6 is 11.8 Å². The number of amidine groups is 1. The van der Waals surface area contributed by atoms with E-state index in [-0.39, 0.29) is 18.0 Å². The summed E-state index contributed by atoms with van der Waals surface area (Å²) in [7, 11) is 0. The highest BCUT2D eigenvalue weighted by Gasteiger charge is 2.38. The van der Waals surface area contributed by atoms with Crippen LogP contribution in [0.3, 0.4) is 0 Å². The van der Waals surface area contributed by atoms with Gasteiger partial charge >= 0.3 is 0 Å². The van der Waals surface area contributed by atoms with Crippen molar-refractivity contribution in [2.24, 2.45) is 10.2 Å². The van der Waals surface area contributed by atoms with Crippen molar-refractivity contribution in [2.45, 2.75) is 31.4 Å². The zero-order valence-electron chi connectivity index (χ0n) is 15.6. The SMILES string of the molecule is CCCCC1SC(=NN=Cc2ccc3c(c2)OCO3)N(c2ccccc2)C1=O. The van der Waals surface area contributed by atoms with Crippen molar-refractivity contribution in [1.82, 2.24) is 0 Å². The molecule has 1 atom stereocenters. The standard InChI is InChI=1S/C21H21N3O3S/c1-2-3-9-19-20(25)24(16-7-5-4-6-8-16)21(28-19)23-22-13-15-10-11-17-18(12-15)27-14-26-17/h4-8,10-13,19H,2-3,9,14H2,1H3. The van der Waals surface area contributed by atoms with Crippen molar-refractivity contribution in [3.05, 3.63) is 54.1 Å². The fourth-order valence-electron chi connectivity index (χ4n) is 3.06. The lowest BCUT2D eigenvalue weighted by Crippen LogP contribution is -2.31. The van der Waals surface area contributed by atoms with E-state index in [2.05, 4.69) is 17.1 Å². The number of nitrogens with zero attached hydrogens (tertiary/aromatic N) is 3. The lowest BCUT2D eigenvalue weighted by atomic mass is 10.2. The van der Waals surface area contributed by atoms with Gasteiger partial charge in [-0.15, -0.1) is 5.10 Å². The molecule has 4 rings (SSSR count). The maximum absolute atomic E-state index is 12.9. The zero-order chi connectivity index (χ0) is 19.3. The Morgan fingerprint density at radius 2 is 2.00 bits per heavy atom. The fraction of sp³-hybridized carbons (Fsp3) is 0.286. The average molecular weight is 395 g/mol. The third kappa shape index (κ3) is 3.89. The van der Waals surface area contributed by atoms with Crippen molar-refractivity contribution >= 4 is 34.7 Å². The first-order chi connectivity index (χ1) is 13.8. The lowest BCUT2D eigenvalue weighted by Gasteiger charge is -2.15. The largest absolute Gasteiger partial charge is 0.454 e. The summed E-state index contributed by atoms with van der Waals surface area (Å²) in [5, 5.41) is 9.08. The summed E-state index contributed by atoms with van der Waals surface area (Å²) in [4.78, 5) is 14.6. The molecule has 1 unspecified atom stereocenters. The number of para-hydroxylation sites is 1. The first kappa shape index (κ1) is 18.6. The van der Waals surface area contributed by atoms with Crippen LogP contribution in [0.1, 0.15) is 31.7 Å². The predicted molar refractivity (Wildman–Crippen MR) is 112 cm³/mol. The molecule has 0 bridgehead atoms. The summed E-state index contributed by atoms with van der Waals surface area (Å²) >= 11 is 1.48. The van der Waals surface area contributed by atoms with E-state index in [0.29, 0.717) is 10.9 Å². The molecule has 0 spiro atoms. The Morgan fingerprint density at radius 1 is 1.18 bits per heavy atom. The van der Waals surface area contributed by atoms with Gasteiger partial charge in [0.1, 0.15) is 0 Å². The summed E-state index contributed by atoms with van der Waals surface area (Å²) in [6.45, 7) is 2.37. The highest BCUT2D eigenvalue weighted by molar-refractivity contribution is 8.16. The Balaban J connectivity index is 1.57. The van der Waals surface area contributed by atoms with Crippen LogP contribution in [0.4, 0.5) is 5.69 Å². The molecule has 2 aromatic rings. The van der Waals surface area contributed by atoms with Gasteiger partial charge < -0.3 is 9.47 Å². The molecule has 2 aromatic carbocycles. The molecule has 2 heterocycles. The van der Waals surface area contributed by atoms with E-state index in [1.54, 1.807) is 11.1 Å². The minimum absolute atomic E-state index is 0.0710. The number of carbonyl (C=O) groups excluding carboxylic acids is 1. The van der Waals surface area contributed by atoms with Crippen LogP contribution in [-0.2, 0) is 4.79 Å². The number of anilines is 1. The first-order valence-corrected chi connectivity index (χ1v) is 10.2. The molecule has 7 heteroatoms. The number of rotatable bonds is 6. The second kappa shape index (κ2) is 8.48. The minimum Gasteiger partial charge on any atom is -0.454 e. The number of fused-ring (bicyclic) bond motifs is 1. The molecule has 28 heavy (non-hydrogen) atoms. The lowest BCUT2D eigenvalue weighted by molar-refractivity contribution is -0.117. The van der Waals surface area contributed by atoms with Crippen molar-refractivity contribution < 1.29 is 14.3 Å². The van der Waals surface area contributed by atoms with Gasteiger partial charge in [0.05, 0.1) is 17.2 Å². The van der Waals surface area contributed by atoms with Crippen LogP contribution in [-0.4, -0.2) is 29.3 Å². The van der Waals surface area contributed by atoms with Gasteiger partial charge in [0, 0.05) is 0 Å². The van der Waals surface area contributed by atoms with Crippen LogP contribution in [0.15, 0.2) is 58.7 Å². The summed E-state index contributed by atoms with van der Waals surface area (Å²) in [6.07, 6.45) is 4.57. The molecule has 2 aliphatic rings. The molecule has 6 nitrogen and oxygen atoms in total. The van der Waals surface area contributed by atoms with E-state index in [4.69, 9.17) is 9.47 Å². The molecule has 1 fully saturated rings. The van der Waals surface area contributed by atoms with Crippen molar-refractivity contribution in [3.8, 4) is 11.5 Å². The van der Waals surface area contributed by atoms with Crippen LogP contribution < -0.4 is 14.4 Å². The number of thioether (sulfide) groups is 1. The molecule has 1 saturated heterocycles. The smallest absolute Gasteiger partial charge is 0.246 e. The zero-order valence-corrected chi connectivity index (χ0v) is 16.4. The normalized spacial score (nSPS) is 19.9. The molecule has 2 aliphatic heterocycles. The minimum atomic E-state index is -0.111. The van der Waals surface area contributed by atoms with E-state index in [1.165, 1.54) is 11.8 Å². The van der Waals surface area contributed by atoms with E-state index in [9.17, 15) is 4.79 Å². The number of ether oxygens (including phenoxy) is 2. The first-order valence-electron chi connectivity index (χ1n) is 9.32. The molecule has 0 N–H and O–H groups in total. The molecule has 0 aliphatic carbocycles. The second-order valence-electron chi connectivity index (χ2n) is 6.50. The fourth-order valence-corrected chi connectivity index (χ4v) is 4.20. The van der Waals surface area contributed by atoms with Gasteiger partial charge in [-0.05, 0) is 42.3 Å². The summed E-state index contributed by atoms with van der Waals surface area (Å²) in [5.74, 6) is 1.50. The Kier molecular flexibility index (Phi) is 5.62. The topological polar surface area (TPSA) is 63.5 Å². The predicted octanol–water partition coefficient (Wildman–Crippen LogP) is 4.44. The number of carbonyl (C=O) groups is 1. The third-order valence-corrected chi connectivity index (χ3v) is 5.71. The summed E-state index contributed by atoms with van der Waals surface area (Å²) in [6, 6.07) is 15.2. The number of hydrogen-bond donors (Lipinski definition) is 0. The van der Waals surface area contributed by atoms with Crippen molar-refractivity contribution in [3.63, 3.8) is 0 Å². The molecule has 0 radical (unpaired) electrons. The molecular formula is C21H21N3O3S. The van der Waals surface area contributed by atoms with E-state index in [1.807, 2.05) is 48.5 Å². The number of unbranched alkanes of at least 4 members (excludes halogenated alkanes) is 1. The number of benzene rings is 2. The van der Waals surface area contributed by atoms with E-state index in [0.717, 1.165) is 36.3 Å². The van der Waals surface area contributed by atoms with Gasteiger partial charge in [-0.3, -0.25) is 9.69 Å². The Morgan fingerprint density at radius 3 is 2.82 bits per heavy atom. The molecular weight excluding hydrogens is 374 g/mol. The molecule has 1 amide bonds. The monoisotopic (exact) mass is 395 g/mol. The van der Waals surface area contributed by atoms with Gasteiger partial charge in [-0.1, -0.05) is 49.7 Å². The number of amides is 1. The molecule has 0 aromatic heterocycles.